The Morgan fingerprint density at radius 3 is 2.50 bits per heavy atom. The van der Waals surface area contributed by atoms with E-state index >= 15 is 0 Å². The summed E-state index contributed by atoms with van der Waals surface area (Å²) < 4.78 is 31.0. The minimum absolute atomic E-state index is 0.103. The van der Waals surface area contributed by atoms with Gasteiger partial charge >= 0.3 is 5.97 Å². The standard InChI is InChI=1S/C15H18F2O3/c1-10(2)7-8-20-15(19)6-5-14(18)12-4-3-11(16)9-13(12)17/h3-4,9-10H,5-8H2,1-2H3. The maximum absolute atomic E-state index is 13.3. The van der Waals surface area contributed by atoms with E-state index in [0.717, 1.165) is 18.6 Å². The first-order valence-corrected chi connectivity index (χ1v) is 6.54. The molecule has 0 unspecified atom stereocenters. The molecule has 0 atom stereocenters. The summed E-state index contributed by atoms with van der Waals surface area (Å²) in [5, 5.41) is 0. The van der Waals surface area contributed by atoms with Crippen LogP contribution in [0.2, 0.25) is 0 Å². The molecular formula is C15H18F2O3. The Bertz CT molecular complexity index is 484. The molecule has 0 aliphatic rings. The first-order chi connectivity index (χ1) is 9.40. The number of rotatable bonds is 7. The molecule has 0 amide bonds. The lowest BCUT2D eigenvalue weighted by molar-refractivity contribution is -0.143. The van der Waals surface area contributed by atoms with E-state index in [4.69, 9.17) is 4.74 Å². The summed E-state index contributed by atoms with van der Waals surface area (Å²) in [4.78, 5) is 23.1. The maximum Gasteiger partial charge on any atom is 0.306 e. The van der Waals surface area contributed by atoms with Crippen LogP contribution in [0.1, 0.15) is 43.5 Å². The van der Waals surface area contributed by atoms with Crippen LogP contribution >= 0.6 is 0 Å². The van der Waals surface area contributed by atoms with Gasteiger partial charge < -0.3 is 4.74 Å². The van der Waals surface area contributed by atoms with Crippen LogP contribution in [0.4, 0.5) is 8.78 Å². The van der Waals surface area contributed by atoms with Gasteiger partial charge in [0.05, 0.1) is 18.6 Å². The molecule has 0 fully saturated rings. The van der Waals surface area contributed by atoms with Crippen molar-refractivity contribution < 1.29 is 23.1 Å². The quantitative estimate of drug-likeness (QED) is 0.568. The van der Waals surface area contributed by atoms with E-state index in [1.54, 1.807) is 0 Å². The van der Waals surface area contributed by atoms with E-state index in [9.17, 15) is 18.4 Å². The predicted molar refractivity (Wildman–Crippen MR) is 70.3 cm³/mol. The van der Waals surface area contributed by atoms with Gasteiger partial charge in [0.1, 0.15) is 11.6 Å². The number of halogens is 2. The minimum atomic E-state index is -0.914. The summed E-state index contributed by atoms with van der Waals surface area (Å²) in [6, 6.07) is 2.74. The molecule has 0 radical (unpaired) electrons. The molecule has 110 valence electrons. The van der Waals surface area contributed by atoms with Crippen molar-refractivity contribution in [2.75, 3.05) is 6.61 Å². The van der Waals surface area contributed by atoms with E-state index in [1.807, 2.05) is 13.8 Å². The van der Waals surface area contributed by atoms with Crippen LogP contribution in [0.5, 0.6) is 0 Å². The highest BCUT2D eigenvalue weighted by Gasteiger charge is 2.14. The molecule has 5 heteroatoms. The lowest BCUT2D eigenvalue weighted by Gasteiger charge is -2.06. The number of carbonyl (C=O) groups is 2. The van der Waals surface area contributed by atoms with E-state index in [1.165, 1.54) is 0 Å². The second kappa shape index (κ2) is 7.72. The third-order valence-electron chi connectivity index (χ3n) is 2.75. The van der Waals surface area contributed by atoms with Crippen molar-refractivity contribution in [3.05, 3.63) is 35.4 Å². The summed E-state index contributed by atoms with van der Waals surface area (Å²) in [5.74, 6) is -2.25. The molecule has 0 heterocycles. The summed E-state index contributed by atoms with van der Waals surface area (Å²) in [6.45, 7) is 4.33. The van der Waals surface area contributed by atoms with Crippen LogP contribution < -0.4 is 0 Å². The Labute approximate surface area is 116 Å². The number of hydrogen-bond acceptors (Lipinski definition) is 3. The third kappa shape index (κ3) is 5.47. The molecule has 1 aromatic rings. The van der Waals surface area contributed by atoms with Crippen molar-refractivity contribution in [1.29, 1.82) is 0 Å². The SMILES string of the molecule is CC(C)CCOC(=O)CCC(=O)c1ccc(F)cc1F. The van der Waals surface area contributed by atoms with Gasteiger partial charge in [-0.15, -0.1) is 0 Å². The van der Waals surface area contributed by atoms with E-state index in [2.05, 4.69) is 0 Å². The molecule has 0 spiro atoms. The summed E-state index contributed by atoms with van der Waals surface area (Å²) in [7, 11) is 0. The van der Waals surface area contributed by atoms with E-state index < -0.39 is 23.4 Å². The van der Waals surface area contributed by atoms with Crippen LogP contribution in [-0.2, 0) is 9.53 Å². The van der Waals surface area contributed by atoms with Gasteiger partial charge in [-0.05, 0) is 24.5 Å². The van der Waals surface area contributed by atoms with E-state index in [-0.39, 0.29) is 18.4 Å². The zero-order chi connectivity index (χ0) is 15.1. The molecule has 0 bridgehead atoms. The second-order valence-electron chi connectivity index (χ2n) is 4.95. The van der Waals surface area contributed by atoms with Crippen molar-refractivity contribution in [3.8, 4) is 0 Å². The number of hydrogen-bond donors (Lipinski definition) is 0. The molecule has 0 saturated carbocycles. The molecule has 20 heavy (non-hydrogen) atoms. The second-order valence-corrected chi connectivity index (χ2v) is 4.95. The van der Waals surface area contributed by atoms with Gasteiger partial charge in [-0.1, -0.05) is 13.8 Å². The van der Waals surface area contributed by atoms with Gasteiger partial charge in [0.15, 0.2) is 5.78 Å². The molecule has 0 aliphatic heterocycles. The molecule has 3 nitrogen and oxygen atoms in total. The van der Waals surface area contributed by atoms with Gasteiger partial charge in [0.25, 0.3) is 0 Å². The molecule has 1 rings (SSSR count). The fourth-order valence-electron chi connectivity index (χ4n) is 1.55. The number of carbonyl (C=O) groups excluding carboxylic acids is 2. The maximum atomic E-state index is 13.3. The van der Waals surface area contributed by atoms with Crippen molar-refractivity contribution in [2.24, 2.45) is 5.92 Å². The van der Waals surface area contributed by atoms with Gasteiger partial charge in [0, 0.05) is 12.5 Å². The monoisotopic (exact) mass is 284 g/mol. The fourth-order valence-corrected chi connectivity index (χ4v) is 1.55. The molecule has 0 aliphatic carbocycles. The van der Waals surface area contributed by atoms with E-state index in [0.29, 0.717) is 18.6 Å². The average Bonchev–Trinajstić information content (AvgIpc) is 2.35. The summed E-state index contributed by atoms with van der Waals surface area (Å²) in [5.41, 5.74) is -0.207. The Morgan fingerprint density at radius 1 is 1.20 bits per heavy atom. The fraction of sp³-hybridized carbons (Fsp3) is 0.467. The third-order valence-corrected chi connectivity index (χ3v) is 2.75. The van der Waals surface area contributed by atoms with Crippen molar-refractivity contribution >= 4 is 11.8 Å². The van der Waals surface area contributed by atoms with Crippen molar-refractivity contribution in [1.82, 2.24) is 0 Å². The molecule has 1 aromatic carbocycles. The first kappa shape index (κ1) is 16.3. The Kier molecular flexibility index (Phi) is 6.28. The topological polar surface area (TPSA) is 43.4 Å². The number of ether oxygens (including phenoxy) is 1. The molecule has 0 saturated heterocycles. The average molecular weight is 284 g/mol. The Hall–Kier alpha value is -1.78. The lowest BCUT2D eigenvalue weighted by atomic mass is 10.1. The number of ketones is 1. The number of benzene rings is 1. The van der Waals surface area contributed by atoms with Gasteiger partial charge in [-0.2, -0.15) is 0 Å². The Morgan fingerprint density at radius 2 is 1.90 bits per heavy atom. The predicted octanol–water partition coefficient (Wildman–Crippen LogP) is 3.52. The largest absolute Gasteiger partial charge is 0.466 e. The Balaban J connectivity index is 2.41. The van der Waals surface area contributed by atoms with Gasteiger partial charge in [-0.25, -0.2) is 8.78 Å². The summed E-state index contributed by atoms with van der Waals surface area (Å²) >= 11 is 0. The van der Waals surface area contributed by atoms with Gasteiger partial charge in [-0.3, -0.25) is 9.59 Å². The smallest absolute Gasteiger partial charge is 0.306 e. The summed E-state index contributed by atoms with van der Waals surface area (Å²) in [6.07, 6.45) is 0.503. The zero-order valence-electron chi connectivity index (χ0n) is 11.6. The van der Waals surface area contributed by atoms with Crippen molar-refractivity contribution in [3.63, 3.8) is 0 Å². The highest BCUT2D eigenvalue weighted by Crippen LogP contribution is 2.13. The van der Waals surface area contributed by atoms with Crippen LogP contribution in [0, 0.1) is 17.6 Å². The zero-order valence-corrected chi connectivity index (χ0v) is 11.6. The van der Waals surface area contributed by atoms with Gasteiger partial charge in [0.2, 0.25) is 0 Å². The molecular weight excluding hydrogens is 266 g/mol. The lowest BCUT2D eigenvalue weighted by Crippen LogP contribution is -2.11. The normalized spacial score (nSPS) is 10.7. The van der Waals surface area contributed by atoms with Crippen LogP contribution in [-0.4, -0.2) is 18.4 Å². The highest BCUT2D eigenvalue weighted by atomic mass is 19.1. The molecule has 0 aromatic heterocycles. The van der Waals surface area contributed by atoms with Crippen LogP contribution in [0.3, 0.4) is 0 Å². The number of Topliss-reactive ketones (excluding diaryl/α,β-unsaturated/α-hetero) is 1. The first-order valence-electron chi connectivity index (χ1n) is 6.54. The van der Waals surface area contributed by atoms with Crippen molar-refractivity contribution in [2.45, 2.75) is 33.1 Å². The molecule has 0 N–H and O–H groups in total. The number of esters is 1. The minimum Gasteiger partial charge on any atom is -0.466 e. The van der Waals surface area contributed by atoms with Crippen LogP contribution in [0.25, 0.3) is 0 Å². The highest BCUT2D eigenvalue weighted by molar-refractivity contribution is 5.97. The van der Waals surface area contributed by atoms with Crippen LogP contribution in [0.15, 0.2) is 18.2 Å².